The quantitative estimate of drug-likeness (QED) is 0.481. The van der Waals surface area contributed by atoms with Gasteiger partial charge < -0.3 is 0 Å². The van der Waals surface area contributed by atoms with Crippen molar-refractivity contribution in [3.63, 3.8) is 0 Å². The molecule has 2 rings (SSSR count). The lowest BCUT2D eigenvalue weighted by atomic mass is 10.3. The first kappa shape index (κ1) is 12.5. The van der Waals surface area contributed by atoms with Gasteiger partial charge in [0.05, 0.1) is 4.91 Å². The lowest BCUT2D eigenvalue weighted by Gasteiger charge is -2.10. The highest BCUT2D eigenvalue weighted by molar-refractivity contribution is 8.26. The molecular weight excluding hydrogens is 270 g/mol. The van der Waals surface area contributed by atoms with E-state index in [4.69, 9.17) is 12.2 Å². The van der Waals surface area contributed by atoms with Crippen LogP contribution in [0.2, 0.25) is 0 Å². The van der Waals surface area contributed by atoms with E-state index in [9.17, 15) is 4.79 Å². The highest BCUT2D eigenvalue weighted by Crippen LogP contribution is 2.33. The van der Waals surface area contributed by atoms with Crippen molar-refractivity contribution in [1.29, 1.82) is 0 Å². The van der Waals surface area contributed by atoms with E-state index in [0.717, 1.165) is 4.88 Å². The summed E-state index contributed by atoms with van der Waals surface area (Å²) in [7, 11) is 0. The molecule has 0 atom stereocenters. The minimum Gasteiger partial charge on any atom is -0.289 e. The van der Waals surface area contributed by atoms with E-state index >= 15 is 0 Å². The SMILES string of the molecule is C=CCN1C(=O)C(=Cc2ccc(C)s2)SC1=S. The number of amides is 1. The number of nitrogens with zero attached hydrogens (tertiary/aromatic N) is 1. The van der Waals surface area contributed by atoms with Crippen LogP contribution in [0.1, 0.15) is 9.75 Å². The van der Waals surface area contributed by atoms with Gasteiger partial charge in [-0.25, -0.2) is 0 Å². The summed E-state index contributed by atoms with van der Waals surface area (Å²) >= 11 is 8.19. The number of hydrogen-bond acceptors (Lipinski definition) is 4. The minimum atomic E-state index is -0.0223. The second-order valence-electron chi connectivity index (χ2n) is 3.53. The van der Waals surface area contributed by atoms with Crippen LogP contribution >= 0.6 is 35.3 Å². The van der Waals surface area contributed by atoms with Crippen LogP contribution < -0.4 is 0 Å². The first-order valence-electron chi connectivity index (χ1n) is 5.04. The molecule has 17 heavy (non-hydrogen) atoms. The van der Waals surface area contributed by atoms with Gasteiger partial charge in [-0.1, -0.05) is 30.1 Å². The zero-order valence-electron chi connectivity index (χ0n) is 9.30. The van der Waals surface area contributed by atoms with Crippen molar-refractivity contribution in [2.24, 2.45) is 0 Å². The van der Waals surface area contributed by atoms with E-state index in [-0.39, 0.29) is 5.91 Å². The third-order valence-electron chi connectivity index (χ3n) is 2.22. The summed E-state index contributed by atoms with van der Waals surface area (Å²) in [6.07, 6.45) is 3.59. The lowest BCUT2D eigenvalue weighted by Crippen LogP contribution is -2.27. The zero-order valence-corrected chi connectivity index (χ0v) is 11.8. The van der Waals surface area contributed by atoms with Crippen molar-refractivity contribution in [1.82, 2.24) is 4.90 Å². The predicted molar refractivity (Wildman–Crippen MR) is 79.1 cm³/mol. The summed E-state index contributed by atoms with van der Waals surface area (Å²) in [5, 5.41) is 0. The number of thiocarbonyl (C=S) groups is 1. The maximum atomic E-state index is 12.0. The fourth-order valence-corrected chi connectivity index (χ4v) is 3.61. The Labute approximate surface area is 114 Å². The summed E-state index contributed by atoms with van der Waals surface area (Å²) in [6, 6.07) is 4.06. The van der Waals surface area contributed by atoms with Crippen LogP contribution in [0.15, 0.2) is 29.7 Å². The van der Waals surface area contributed by atoms with Crippen molar-refractivity contribution < 1.29 is 4.79 Å². The second kappa shape index (κ2) is 5.16. The molecule has 0 unspecified atom stereocenters. The van der Waals surface area contributed by atoms with Crippen molar-refractivity contribution >= 4 is 51.6 Å². The Balaban J connectivity index is 2.24. The van der Waals surface area contributed by atoms with Gasteiger partial charge in [0.2, 0.25) is 0 Å². The Morgan fingerprint density at radius 1 is 1.53 bits per heavy atom. The van der Waals surface area contributed by atoms with Crippen molar-refractivity contribution in [2.75, 3.05) is 6.54 Å². The first-order chi connectivity index (χ1) is 8.11. The van der Waals surface area contributed by atoms with Crippen molar-refractivity contribution in [3.05, 3.63) is 39.4 Å². The van der Waals surface area contributed by atoms with E-state index < -0.39 is 0 Å². The second-order valence-corrected chi connectivity index (χ2v) is 6.52. The predicted octanol–water partition coefficient (Wildman–Crippen LogP) is 3.44. The van der Waals surface area contributed by atoms with Crippen LogP contribution in [0.3, 0.4) is 0 Å². The molecule has 1 amide bonds. The van der Waals surface area contributed by atoms with Gasteiger partial charge in [0.1, 0.15) is 4.32 Å². The molecule has 0 aromatic carbocycles. The lowest BCUT2D eigenvalue weighted by molar-refractivity contribution is -0.121. The largest absolute Gasteiger partial charge is 0.289 e. The Kier molecular flexibility index (Phi) is 3.81. The van der Waals surface area contributed by atoms with Gasteiger partial charge in [0, 0.05) is 16.3 Å². The molecule has 0 radical (unpaired) electrons. The molecule has 1 aromatic heterocycles. The van der Waals surface area contributed by atoms with Crippen LogP contribution in [-0.4, -0.2) is 21.7 Å². The first-order valence-corrected chi connectivity index (χ1v) is 7.08. The monoisotopic (exact) mass is 281 g/mol. The number of thiophene rings is 1. The van der Waals surface area contributed by atoms with Gasteiger partial charge in [-0.3, -0.25) is 9.69 Å². The maximum Gasteiger partial charge on any atom is 0.266 e. The summed E-state index contributed by atoms with van der Waals surface area (Å²) in [5.41, 5.74) is 0. The van der Waals surface area contributed by atoms with Crippen molar-refractivity contribution in [3.8, 4) is 0 Å². The fourth-order valence-electron chi connectivity index (χ4n) is 1.45. The van der Waals surface area contributed by atoms with E-state index in [1.54, 1.807) is 22.3 Å². The molecule has 2 nitrogen and oxygen atoms in total. The van der Waals surface area contributed by atoms with Crippen LogP contribution in [-0.2, 0) is 4.79 Å². The molecule has 1 saturated heterocycles. The van der Waals surface area contributed by atoms with Crippen LogP contribution in [0, 0.1) is 6.92 Å². The molecular formula is C12H11NOS3. The summed E-state index contributed by atoms with van der Waals surface area (Å²) < 4.78 is 0.606. The number of thioether (sulfide) groups is 1. The molecule has 5 heteroatoms. The average Bonchev–Trinajstić information content (AvgIpc) is 2.79. The number of carbonyl (C=O) groups excluding carboxylic acids is 1. The number of hydrogen-bond donors (Lipinski definition) is 0. The van der Waals surface area contributed by atoms with Gasteiger partial charge in [-0.15, -0.1) is 17.9 Å². The van der Waals surface area contributed by atoms with E-state index in [2.05, 4.69) is 6.58 Å². The number of aryl methyl sites for hydroxylation is 1. The summed E-state index contributed by atoms with van der Waals surface area (Å²) in [4.78, 5) is 16.6. The van der Waals surface area contributed by atoms with Gasteiger partial charge in [0.25, 0.3) is 5.91 Å². The molecule has 0 bridgehead atoms. The van der Waals surface area contributed by atoms with Gasteiger partial charge in [0.15, 0.2) is 0 Å². The number of carbonyl (C=O) groups is 1. The maximum absolute atomic E-state index is 12.0. The molecule has 88 valence electrons. The molecule has 1 aromatic rings. The van der Waals surface area contributed by atoms with Gasteiger partial charge in [-0.2, -0.15) is 0 Å². The standard InChI is InChI=1S/C12H11NOS3/c1-3-6-13-11(14)10(17-12(13)15)7-9-5-4-8(2)16-9/h3-5,7H,1,6H2,2H3. The molecule has 0 spiro atoms. The van der Waals surface area contributed by atoms with Crippen molar-refractivity contribution in [2.45, 2.75) is 6.92 Å². The van der Waals surface area contributed by atoms with Gasteiger partial charge in [-0.05, 0) is 25.1 Å². The van der Waals surface area contributed by atoms with Gasteiger partial charge >= 0.3 is 0 Å². The summed E-state index contributed by atoms with van der Waals surface area (Å²) in [5.74, 6) is -0.0223. The Hall–Kier alpha value is -0.910. The van der Waals surface area contributed by atoms with Crippen LogP contribution in [0.25, 0.3) is 6.08 Å². The minimum absolute atomic E-state index is 0.0223. The van der Waals surface area contributed by atoms with E-state index in [1.807, 2.05) is 25.1 Å². The van der Waals surface area contributed by atoms with Crippen LogP contribution in [0.4, 0.5) is 0 Å². The van der Waals surface area contributed by atoms with E-state index in [1.165, 1.54) is 16.6 Å². The highest BCUT2D eigenvalue weighted by Gasteiger charge is 2.30. The Bertz CT molecular complexity index is 516. The highest BCUT2D eigenvalue weighted by atomic mass is 32.2. The Morgan fingerprint density at radius 3 is 2.88 bits per heavy atom. The smallest absolute Gasteiger partial charge is 0.266 e. The van der Waals surface area contributed by atoms with E-state index in [0.29, 0.717) is 15.8 Å². The van der Waals surface area contributed by atoms with Crippen LogP contribution in [0.5, 0.6) is 0 Å². The molecule has 1 aliphatic heterocycles. The zero-order chi connectivity index (χ0) is 12.4. The third kappa shape index (κ3) is 2.68. The fraction of sp³-hybridized carbons (Fsp3) is 0.167. The topological polar surface area (TPSA) is 20.3 Å². The molecule has 0 saturated carbocycles. The molecule has 1 fully saturated rings. The molecule has 1 aliphatic rings. The molecule has 0 N–H and O–H groups in total. The molecule has 2 heterocycles. The molecule has 0 aliphatic carbocycles. The third-order valence-corrected chi connectivity index (χ3v) is 4.55. The summed E-state index contributed by atoms with van der Waals surface area (Å²) in [6.45, 7) is 6.15. The normalized spacial score (nSPS) is 18.2. The number of rotatable bonds is 3. The Morgan fingerprint density at radius 2 is 2.29 bits per heavy atom. The average molecular weight is 281 g/mol.